The Morgan fingerprint density at radius 2 is 1.96 bits per heavy atom. The molecule has 0 unspecified atom stereocenters. The molecule has 0 radical (unpaired) electrons. The van der Waals surface area contributed by atoms with Crippen LogP contribution in [-0.2, 0) is 9.59 Å². The van der Waals surface area contributed by atoms with Crippen LogP contribution in [0.25, 0.3) is 0 Å². The molecule has 0 aromatic heterocycles. The maximum atomic E-state index is 13.4. The molecule has 1 fully saturated rings. The molecule has 27 heavy (non-hydrogen) atoms. The van der Waals surface area contributed by atoms with E-state index in [4.69, 9.17) is 0 Å². The molecule has 1 N–H and O–H groups in total. The van der Waals surface area contributed by atoms with Gasteiger partial charge in [0.05, 0.1) is 10.8 Å². The maximum absolute atomic E-state index is 13.4. The van der Waals surface area contributed by atoms with Crippen LogP contribution >= 0.6 is 0 Å². The van der Waals surface area contributed by atoms with E-state index in [9.17, 15) is 24.1 Å². The van der Waals surface area contributed by atoms with Crippen LogP contribution in [0.1, 0.15) is 17.5 Å². The van der Waals surface area contributed by atoms with Crippen LogP contribution in [0.4, 0.5) is 21.5 Å². The number of amides is 2. The highest BCUT2D eigenvalue weighted by Gasteiger charge is 2.35. The minimum Gasteiger partial charge on any atom is -0.326 e. The van der Waals surface area contributed by atoms with Crippen molar-refractivity contribution in [3.63, 3.8) is 0 Å². The van der Waals surface area contributed by atoms with Gasteiger partial charge in [-0.2, -0.15) is 4.39 Å². The van der Waals surface area contributed by atoms with Crippen LogP contribution in [-0.4, -0.2) is 23.3 Å². The van der Waals surface area contributed by atoms with E-state index >= 15 is 0 Å². The summed E-state index contributed by atoms with van der Waals surface area (Å²) in [6.45, 7) is 4.14. The number of nitrogens with zero attached hydrogens (tertiary/aromatic N) is 2. The molecule has 2 amide bonds. The fraction of sp³-hybridized carbons (Fsp3) is 0.263. The monoisotopic (exact) mass is 371 g/mol. The summed E-state index contributed by atoms with van der Waals surface area (Å²) in [4.78, 5) is 36.3. The number of nitro benzene ring substituents is 1. The van der Waals surface area contributed by atoms with E-state index in [0.717, 1.165) is 28.9 Å². The van der Waals surface area contributed by atoms with Crippen molar-refractivity contribution in [3.8, 4) is 0 Å². The predicted octanol–water partition coefficient (Wildman–Crippen LogP) is 3.34. The van der Waals surface area contributed by atoms with E-state index in [1.165, 1.54) is 6.07 Å². The van der Waals surface area contributed by atoms with Crippen molar-refractivity contribution in [2.45, 2.75) is 20.3 Å². The van der Waals surface area contributed by atoms with E-state index in [-0.39, 0.29) is 24.6 Å². The minimum absolute atomic E-state index is 0.0437. The Labute approximate surface area is 154 Å². The van der Waals surface area contributed by atoms with Crippen LogP contribution in [0.2, 0.25) is 0 Å². The number of nitrogens with one attached hydrogen (secondary N) is 1. The first-order valence-electron chi connectivity index (χ1n) is 8.38. The van der Waals surface area contributed by atoms with E-state index in [2.05, 4.69) is 5.32 Å². The topological polar surface area (TPSA) is 92.6 Å². The first kappa shape index (κ1) is 18.5. The number of hydrogen-bond donors (Lipinski definition) is 1. The van der Waals surface area contributed by atoms with Gasteiger partial charge in [0.1, 0.15) is 0 Å². The van der Waals surface area contributed by atoms with Crippen molar-refractivity contribution in [2.75, 3.05) is 16.8 Å². The number of anilines is 2. The molecule has 0 aliphatic carbocycles. The van der Waals surface area contributed by atoms with Gasteiger partial charge in [-0.1, -0.05) is 6.07 Å². The number of carbonyl (C=O) groups is 2. The van der Waals surface area contributed by atoms with Crippen molar-refractivity contribution >= 4 is 28.9 Å². The molecule has 3 rings (SSSR count). The second-order valence-corrected chi connectivity index (χ2v) is 6.59. The Kier molecular flexibility index (Phi) is 4.89. The molecule has 1 atom stereocenters. The van der Waals surface area contributed by atoms with E-state index in [1.54, 1.807) is 4.90 Å². The van der Waals surface area contributed by atoms with Crippen LogP contribution in [0.5, 0.6) is 0 Å². The first-order valence-corrected chi connectivity index (χ1v) is 8.38. The second kappa shape index (κ2) is 7.14. The number of hydrogen-bond acceptors (Lipinski definition) is 4. The van der Waals surface area contributed by atoms with Gasteiger partial charge in [0.15, 0.2) is 0 Å². The number of carbonyl (C=O) groups excluding carboxylic acids is 2. The summed E-state index contributed by atoms with van der Waals surface area (Å²) in [5, 5.41) is 13.3. The normalized spacial score (nSPS) is 16.5. The fourth-order valence-corrected chi connectivity index (χ4v) is 3.00. The Balaban J connectivity index is 1.73. The third kappa shape index (κ3) is 3.79. The van der Waals surface area contributed by atoms with Gasteiger partial charge >= 0.3 is 5.69 Å². The Morgan fingerprint density at radius 1 is 1.22 bits per heavy atom. The second-order valence-electron chi connectivity index (χ2n) is 6.59. The van der Waals surface area contributed by atoms with E-state index in [1.807, 2.05) is 32.0 Å². The van der Waals surface area contributed by atoms with Gasteiger partial charge in [0.25, 0.3) is 0 Å². The molecule has 2 aromatic carbocycles. The summed E-state index contributed by atoms with van der Waals surface area (Å²) in [7, 11) is 0. The number of nitro groups is 1. The van der Waals surface area contributed by atoms with Gasteiger partial charge in [0, 0.05) is 30.4 Å². The van der Waals surface area contributed by atoms with Crippen molar-refractivity contribution in [1.82, 2.24) is 0 Å². The van der Waals surface area contributed by atoms with Gasteiger partial charge in [-0.05, 0) is 49.2 Å². The summed E-state index contributed by atoms with van der Waals surface area (Å²) in [6, 6.07) is 8.79. The Morgan fingerprint density at radius 3 is 2.63 bits per heavy atom. The molecular weight excluding hydrogens is 353 g/mol. The zero-order valence-corrected chi connectivity index (χ0v) is 14.9. The zero-order chi connectivity index (χ0) is 19.7. The molecule has 0 bridgehead atoms. The molecule has 1 saturated heterocycles. The summed E-state index contributed by atoms with van der Waals surface area (Å²) >= 11 is 0. The van der Waals surface area contributed by atoms with E-state index < -0.39 is 28.3 Å². The van der Waals surface area contributed by atoms with Gasteiger partial charge < -0.3 is 10.2 Å². The highest BCUT2D eigenvalue weighted by molar-refractivity contribution is 6.03. The lowest BCUT2D eigenvalue weighted by molar-refractivity contribution is -0.387. The van der Waals surface area contributed by atoms with Crippen LogP contribution in [0, 0.1) is 35.7 Å². The number of halogens is 1. The average Bonchev–Trinajstić information content (AvgIpc) is 3.00. The Hall–Kier alpha value is -3.29. The van der Waals surface area contributed by atoms with Crippen molar-refractivity contribution in [3.05, 3.63) is 63.5 Å². The summed E-state index contributed by atoms with van der Waals surface area (Å²) < 4.78 is 13.4. The molecule has 0 saturated carbocycles. The highest BCUT2D eigenvalue weighted by atomic mass is 19.1. The highest BCUT2D eigenvalue weighted by Crippen LogP contribution is 2.28. The lowest BCUT2D eigenvalue weighted by Crippen LogP contribution is -2.28. The van der Waals surface area contributed by atoms with Gasteiger partial charge in [-0.25, -0.2) is 0 Å². The number of aryl methyl sites for hydroxylation is 2. The quantitative estimate of drug-likeness (QED) is 0.659. The van der Waals surface area contributed by atoms with E-state index in [0.29, 0.717) is 0 Å². The molecule has 0 spiro atoms. The molecule has 1 heterocycles. The first-order chi connectivity index (χ1) is 12.8. The van der Waals surface area contributed by atoms with Gasteiger partial charge in [-0.15, -0.1) is 0 Å². The molecular formula is C19H18FN3O4. The molecule has 1 aliphatic heterocycles. The minimum atomic E-state index is -0.977. The maximum Gasteiger partial charge on any atom is 0.306 e. The summed E-state index contributed by atoms with van der Waals surface area (Å²) in [5.74, 6) is -2.17. The molecule has 1 aliphatic rings. The van der Waals surface area contributed by atoms with Crippen LogP contribution in [0.15, 0.2) is 36.4 Å². The molecule has 140 valence electrons. The molecule has 7 nitrogen and oxygen atoms in total. The Bertz CT molecular complexity index is 945. The van der Waals surface area contributed by atoms with Crippen molar-refractivity contribution in [2.24, 2.45) is 5.92 Å². The third-order valence-corrected chi connectivity index (χ3v) is 4.71. The molecule has 8 heteroatoms. The lowest BCUT2D eigenvalue weighted by atomic mass is 10.1. The third-order valence-electron chi connectivity index (χ3n) is 4.71. The smallest absolute Gasteiger partial charge is 0.306 e. The fourth-order valence-electron chi connectivity index (χ4n) is 3.00. The average molecular weight is 371 g/mol. The largest absolute Gasteiger partial charge is 0.326 e. The van der Waals surface area contributed by atoms with Gasteiger partial charge in [0.2, 0.25) is 17.6 Å². The lowest BCUT2D eigenvalue weighted by Gasteiger charge is -2.18. The van der Waals surface area contributed by atoms with Crippen molar-refractivity contribution in [1.29, 1.82) is 0 Å². The van der Waals surface area contributed by atoms with Gasteiger partial charge in [-0.3, -0.25) is 19.7 Å². The van der Waals surface area contributed by atoms with Crippen molar-refractivity contribution < 1.29 is 18.9 Å². The summed E-state index contributed by atoms with van der Waals surface area (Å²) in [5.41, 5.74) is 2.29. The van der Waals surface area contributed by atoms with Crippen LogP contribution in [0.3, 0.4) is 0 Å². The SMILES string of the molecule is Cc1ccc(N2C[C@@H](C(=O)Nc3ccc(F)c([N+](=O)[O-])c3)CC2=O)cc1C. The molecule has 2 aromatic rings. The van der Waals surface area contributed by atoms with Crippen LogP contribution < -0.4 is 10.2 Å². The zero-order valence-electron chi connectivity index (χ0n) is 14.9. The predicted molar refractivity (Wildman–Crippen MR) is 98.1 cm³/mol. The number of benzene rings is 2. The standard InChI is InChI=1S/C19H18FN3O4/c1-11-3-5-15(7-12(11)2)22-10-13(8-18(22)24)19(25)21-14-4-6-16(20)17(9-14)23(26)27/h3-7,9,13H,8,10H2,1-2H3,(H,21,25)/t13-/m0/s1. The number of rotatable bonds is 4. The summed E-state index contributed by atoms with van der Waals surface area (Å²) in [6.07, 6.45) is 0.0437.